The molecule has 0 saturated carbocycles. The van der Waals surface area contributed by atoms with Gasteiger partial charge in [0.1, 0.15) is 6.04 Å². The number of likely N-dealkylation sites (tertiary alicyclic amines) is 1. The summed E-state index contributed by atoms with van der Waals surface area (Å²) >= 11 is 0. The highest BCUT2D eigenvalue weighted by atomic mass is 16.4. The molecule has 6 nitrogen and oxygen atoms in total. The number of carboxylic acids is 1. The molecule has 6 heteroatoms. The first kappa shape index (κ1) is 15.3. The number of aryl methyl sites for hydroxylation is 1. The third-order valence-corrected chi connectivity index (χ3v) is 3.78. The van der Waals surface area contributed by atoms with Crippen LogP contribution in [-0.4, -0.2) is 39.6 Å². The number of hydrogen-bond acceptors (Lipinski definition) is 3. The summed E-state index contributed by atoms with van der Waals surface area (Å²) in [6.07, 6.45) is 1.34. The first-order valence-corrected chi connectivity index (χ1v) is 7.17. The van der Waals surface area contributed by atoms with Crippen molar-refractivity contribution in [2.45, 2.75) is 39.3 Å². The minimum Gasteiger partial charge on any atom is -0.480 e. The maximum absolute atomic E-state index is 12.2. The lowest BCUT2D eigenvalue weighted by Crippen LogP contribution is -2.53. The monoisotopic (exact) mass is 291 g/mol. The molecule has 0 bridgehead atoms. The van der Waals surface area contributed by atoms with Gasteiger partial charge in [0.25, 0.3) is 0 Å². The summed E-state index contributed by atoms with van der Waals surface area (Å²) < 4.78 is 0. The van der Waals surface area contributed by atoms with Gasteiger partial charge in [0.05, 0.1) is 12.2 Å². The number of carbonyl (C=O) groups excluding carboxylic acids is 1. The van der Waals surface area contributed by atoms with Gasteiger partial charge in [-0.15, -0.1) is 0 Å². The van der Waals surface area contributed by atoms with Crippen LogP contribution in [0.15, 0.2) is 18.2 Å². The minimum absolute atomic E-state index is 0.304. The van der Waals surface area contributed by atoms with E-state index in [0.29, 0.717) is 25.4 Å². The van der Waals surface area contributed by atoms with E-state index in [2.05, 4.69) is 10.3 Å². The van der Waals surface area contributed by atoms with E-state index in [4.69, 9.17) is 0 Å². The largest absolute Gasteiger partial charge is 0.480 e. The first-order chi connectivity index (χ1) is 9.97. The number of nitrogens with zero attached hydrogens (tertiary/aromatic N) is 2. The molecule has 1 saturated heterocycles. The third-order valence-electron chi connectivity index (χ3n) is 3.78. The molecule has 1 aromatic rings. The van der Waals surface area contributed by atoms with Gasteiger partial charge >= 0.3 is 12.0 Å². The van der Waals surface area contributed by atoms with Gasteiger partial charge in [0.2, 0.25) is 0 Å². The van der Waals surface area contributed by atoms with Gasteiger partial charge in [-0.1, -0.05) is 13.0 Å². The molecule has 21 heavy (non-hydrogen) atoms. The maximum atomic E-state index is 12.2. The zero-order chi connectivity index (χ0) is 15.4. The lowest BCUT2D eigenvalue weighted by Gasteiger charge is -2.35. The number of pyridine rings is 1. The van der Waals surface area contributed by atoms with Crippen LogP contribution in [0.5, 0.6) is 0 Å². The average Bonchev–Trinajstić information content (AvgIpc) is 2.44. The van der Waals surface area contributed by atoms with Gasteiger partial charge in [-0.2, -0.15) is 0 Å². The summed E-state index contributed by atoms with van der Waals surface area (Å²) in [7, 11) is 0. The van der Waals surface area contributed by atoms with Crippen molar-refractivity contribution in [1.82, 2.24) is 15.2 Å². The number of carboxylic acid groups (broad SMARTS) is 1. The van der Waals surface area contributed by atoms with Crippen LogP contribution in [0.3, 0.4) is 0 Å². The van der Waals surface area contributed by atoms with E-state index < -0.39 is 12.0 Å². The smallest absolute Gasteiger partial charge is 0.326 e. The highest BCUT2D eigenvalue weighted by molar-refractivity contribution is 5.82. The van der Waals surface area contributed by atoms with Gasteiger partial charge < -0.3 is 15.3 Å². The predicted octanol–water partition coefficient (Wildman–Crippen LogP) is 1.78. The van der Waals surface area contributed by atoms with Gasteiger partial charge in [-0.3, -0.25) is 4.98 Å². The number of urea groups is 1. The molecule has 0 aromatic carbocycles. The summed E-state index contributed by atoms with van der Waals surface area (Å²) in [5.41, 5.74) is 1.65. The van der Waals surface area contributed by atoms with Crippen molar-refractivity contribution >= 4 is 12.0 Å². The molecule has 2 rings (SSSR count). The second kappa shape index (κ2) is 6.56. The van der Waals surface area contributed by atoms with E-state index in [9.17, 15) is 14.7 Å². The zero-order valence-corrected chi connectivity index (χ0v) is 12.4. The van der Waals surface area contributed by atoms with Crippen LogP contribution >= 0.6 is 0 Å². The number of amides is 2. The van der Waals surface area contributed by atoms with Crippen molar-refractivity contribution in [2.24, 2.45) is 5.92 Å². The number of rotatable bonds is 3. The lowest BCUT2D eigenvalue weighted by molar-refractivity contribution is -0.143. The lowest BCUT2D eigenvalue weighted by atomic mass is 9.93. The van der Waals surface area contributed by atoms with Crippen molar-refractivity contribution < 1.29 is 14.7 Å². The molecule has 1 aliphatic rings. The van der Waals surface area contributed by atoms with Crippen LogP contribution in [0.4, 0.5) is 4.79 Å². The van der Waals surface area contributed by atoms with E-state index in [-0.39, 0.29) is 6.03 Å². The van der Waals surface area contributed by atoms with Crippen LogP contribution in [0.25, 0.3) is 0 Å². The summed E-state index contributed by atoms with van der Waals surface area (Å²) in [6.45, 7) is 4.68. The van der Waals surface area contributed by atoms with Gasteiger partial charge in [-0.25, -0.2) is 9.59 Å². The van der Waals surface area contributed by atoms with Crippen molar-refractivity contribution in [1.29, 1.82) is 0 Å². The molecule has 1 fully saturated rings. The molecule has 1 aromatic heterocycles. The quantitative estimate of drug-likeness (QED) is 0.889. The topological polar surface area (TPSA) is 82.5 Å². The number of nitrogens with one attached hydrogen (secondary N) is 1. The predicted molar refractivity (Wildman–Crippen MR) is 77.7 cm³/mol. The number of hydrogen-bond donors (Lipinski definition) is 2. The Labute approximate surface area is 124 Å². The molecule has 1 aliphatic heterocycles. The third kappa shape index (κ3) is 3.93. The Hall–Kier alpha value is -2.11. The standard InChI is InChI=1S/C15H21N3O3/c1-10-6-7-18(13(8-10)14(19)20)15(21)16-9-12-5-3-4-11(2)17-12/h3-5,10,13H,6-9H2,1-2H3,(H,16,21)(H,19,20). The second-order valence-electron chi connectivity index (χ2n) is 5.61. The van der Waals surface area contributed by atoms with Crippen LogP contribution in [-0.2, 0) is 11.3 Å². The van der Waals surface area contributed by atoms with Crippen molar-refractivity contribution in [3.63, 3.8) is 0 Å². The Morgan fingerprint density at radius 3 is 2.90 bits per heavy atom. The molecule has 2 amide bonds. The highest BCUT2D eigenvalue weighted by Gasteiger charge is 2.34. The second-order valence-corrected chi connectivity index (χ2v) is 5.61. The molecule has 2 atom stereocenters. The molecule has 2 heterocycles. The van der Waals surface area contributed by atoms with Crippen molar-refractivity contribution in [3.8, 4) is 0 Å². The van der Waals surface area contributed by atoms with E-state index in [1.54, 1.807) is 0 Å². The van der Waals surface area contributed by atoms with Crippen LogP contribution in [0.1, 0.15) is 31.2 Å². The molecular weight excluding hydrogens is 270 g/mol. The number of carbonyl (C=O) groups is 2. The zero-order valence-electron chi connectivity index (χ0n) is 12.4. The minimum atomic E-state index is -0.939. The number of aromatic nitrogens is 1. The summed E-state index contributed by atoms with van der Waals surface area (Å²) in [6, 6.07) is 4.53. The number of aliphatic carboxylic acids is 1. The van der Waals surface area contributed by atoms with Gasteiger partial charge in [-0.05, 0) is 37.8 Å². The van der Waals surface area contributed by atoms with Gasteiger partial charge in [0.15, 0.2) is 0 Å². The molecular formula is C15H21N3O3. The summed E-state index contributed by atoms with van der Waals surface area (Å²) in [5.74, 6) is -0.612. The van der Waals surface area contributed by atoms with E-state index >= 15 is 0 Å². The van der Waals surface area contributed by atoms with Crippen molar-refractivity contribution in [2.75, 3.05) is 6.54 Å². The summed E-state index contributed by atoms with van der Waals surface area (Å²) in [5, 5.41) is 12.0. The fourth-order valence-electron chi connectivity index (χ4n) is 2.58. The highest BCUT2D eigenvalue weighted by Crippen LogP contribution is 2.22. The van der Waals surface area contributed by atoms with Crippen molar-refractivity contribution in [3.05, 3.63) is 29.6 Å². The molecule has 2 N–H and O–H groups in total. The van der Waals surface area contributed by atoms with E-state index in [1.165, 1.54) is 4.90 Å². The molecule has 0 aliphatic carbocycles. The normalized spacial score (nSPS) is 21.9. The van der Waals surface area contributed by atoms with Crippen LogP contribution in [0.2, 0.25) is 0 Å². The Bertz CT molecular complexity index is 533. The van der Waals surface area contributed by atoms with Gasteiger partial charge in [0, 0.05) is 12.2 Å². The Morgan fingerprint density at radius 1 is 1.48 bits per heavy atom. The molecule has 0 radical (unpaired) electrons. The molecule has 114 valence electrons. The molecule has 2 unspecified atom stereocenters. The Morgan fingerprint density at radius 2 is 2.24 bits per heavy atom. The Balaban J connectivity index is 1.97. The first-order valence-electron chi connectivity index (χ1n) is 7.17. The van der Waals surface area contributed by atoms with E-state index in [0.717, 1.165) is 17.8 Å². The summed E-state index contributed by atoms with van der Waals surface area (Å²) in [4.78, 5) is 29.2. The molecule has 0 spiro atoms. The average molecular weight is 291 g/mol. The fraction of sp³-hybridized carbons (Fsp3) is 0.533. The number of piperidine rings is 1. The SMILES string of the molecule is Cc1cccc(CNC(=O)N2CCC(C)CC2C(=O)O)n1. The van der Waals surface area contributed by atoms with Crippen LogP contribution in [0, 0.1) is 12.8 Å². The fourth-order valence-corrected chi connectivity index (χ4v) is 2.58. The Kier molecular flexibility index (Phi) is 4.77. The van der Waals surface area contributed by atoms with Crippen LogP contribution < -0.4 is 5.32 Å². The van der Waals surface area contributed by atoms with E-state index in [1.807, 2.05) is 32.0 Å². The maximum Gasteiger partial charge on any atom is 0.326 e.